The Bertz CT molecular complexity index is 301. The number of aryl methyl sites for hydroxylation is 2. The summed E-state index contributed by atoms with van der Waals surface area (Å²) in [4.78, 5) is 2.86. The molecule has 1 aliphatic carbocycles. The van der Waals surface area contributed by atoms with Gasteiger partial charge in [-0.3, -0.25) is 0 Å². The molecule has 0 aliphatic heterocycles. The van der Waals surface area contributed by atoms with Crippen molar-refractivity contribution in [2.45, 2.75) is 25.7 Å². The lowest BCUT2D eigenvalue weighted by atomic mass is 9.99. The van der Waals surface area contributed by atoms with E-state index >= 15 is 0 Å². The van der Waals surface area contributed by atoms with Crippen LogP contribution in [0.15, 0.2) is 12.6 Å². The van der Waals surface area contributed by atoms with Crippen LogP contribution in [0.25, 0.3) is 5.57 Å². The molecule has 0 aromatic carbocycles. The Balaban J connectivity index is 2.30. The molecule has 1 aliphatic rings. The fraction of sp³-hybridized carbons (Fsp3) is 0.455. The first-order valence-corrected chi connectivity index (χ1v) is 6.02. The first-order chi connectivity index (χ1) is 6.31. The molecule has 2 heteroatoms. The lowest BCUT2D eigenvalue weighted by Crippen LogP contribution is -1.96. The van der Waals surface area contributed by atoms with Crippen LogP contribution in [-0.4, -0.2) is 5.88 Å². The number of thiophene rings is 1. The smallest absolute Gasteiger partial charge is 0.0482 e. The van der Waals surface area contributed by atoms with E-state index in [1.807, 2.05) is 11.3 Å². The van der Waals surface area contributed by atoms with Gasteiger partial charge in [0, 0.05) is 15.6 Å². The van der Waals surface area contributed by atoms with Crippen molar-refractivity contribution in [2.75, 3.05) is 5.88 Å². The average molecular weight is 213 g/mol. The number of hydrogen-bond donors (Lipinski definition) is 0. The van der Waals surface area contributed by atoms with Crippen molar-refractivity contribution in [2.24, 2.45) is 0 Å². The Kier molecular flexibility index (Phi) is 2.75. The Hall–Kier alpha value is -0.270. The normalized spacial score (nSPS) is 15.5. The minimum absolute atomic E-state index is 0.555. The van der Waals surface area contributed by atoms with Crippen LogP contribution in [0.5, 0.6) is 0 Å². The van der Waals surface area contributed by atoms with E-state index in [1.54, 1.807) is 4.88 Å². The van der Waals surface area contributed by atoms with Gasteiger partial charge in [-0.2, -0.15) is 0 Å². The average Bonchev–Trinajstić information content (AvgIpc) is 2.59. The summed E-state index contributed by atoms with van der Waals surface area (Å²) in [7, 11) is 0. The van der Waals surface area contributed by atoms with E-state index in [0.717, 1.165) is 5.57 Å². The van der Waals surface area contributed by atoms with Crippen LogP contribution in [0.3, 0.4) is 0 Å². The lowest BCUT2D eigenvalue weighted by Gasteiger charge is -2.08. The second-order valence-corrected chi connectivity index (χ2v) is 4.91. The van der Waals surface area contributed by atoms with Crippen LogP contribution >= 0.6 is 22.9 Å². The molecule has 0 atom stereocenters. The number of halogens is 1. The van der Waals surface area contributed by atoms with Crippen molar-refractivity contribution in [1.29, 1.82) is 0 Å². The van der Waals surface area contributed by atoms with Crippen molar-refractivity contribution in [3.05, 3.63) is 28.0 Å². The number of rotatable bonds is 2. The molecule has 0 fully saturated rings. The van der Waals surface area contributed by atoms with Gasteiger partial charge in [-0.1, -0.05) is 6.58 Å². The summed E-state index contributed by atoms with van der Waals surface area (Å²) >= 11 is 7.64. The first kappa shape index (κ1) is 9.29. The molecule has 70 valence electrons. The van der Waals surface area contributed by atoms with Gasteiger partial charge in [0.15, 0.2) is 0 Å². The van der Waals surface area contributed by atoms with Gasteiger partial charge < -0.3 is 0 Å². The van der Waals surface area contributed by atoms with Crippen molar-refractivity contribution < 1.29 is 0 Å². The number of hydrogen-bond acceptors (Lipinski definition) is 1. The zero-order valence-electron chi connectivity index (χ0n) is 7.61. The highest BCUT2D eigenvalue weighted by Crippen LogP contribution is 2.32. The monoisotopic (exact) mass is 212 g/mol. The van der Waals surface area contributed by atoms with Gasteiger partial charge in [-0.05, 0) is 42.9 Å². The second kappa shape index (κ2) is 3.85. The Morgan fingerprint density at radius 2 is 2.23 bits per heavy atom. The number of allylic oxidation sites excluding steroid dienone is 1. The van der Waals surface area contributed by atoms with Gasteiger partial charge in [0.2, 0.25) is 0 Å². The summed E-state index contributed by atoms with van der Waals surface area (Å²) in [6.07, 6.45) is 5.20. The van der Waals surface area contributed by atoms with Crippen molar-refractivity contribution in [3.63, 3.8) is 0 Å². The minimum atomic E-state index is 0.555. The zero-order valence-corrected chi connectivity index (χ0v) is 9.18. The van der Waals surface area contributed by atoms with Crippen LogP contribution in [-0.2, 0) is 12.8 Å². The predicted octanol–water partition coefficient (Wildman–Crippen LogP) is 3.88. The first-order valence-electron chi connectivity index (χ1n) is 4.67. The number of alkyl halides is 1. The largest absolute Gasteiger partial charge is 0.140 e. The molecule has 0 nitrogen and oxygen atoms in total. The summed E-state index contributed by atoms with van der Waals surface area (Å²) < 4.78 is 0. The van der Waals surface area contributed by atoms with Crippen molar-refractivity contribution in [1.82, 2.24) is 0 Å². The Morgan fingerprint density at radius 3 is 2.92 bits per heavy atom. The maximum atomic E-state index is 5.76. The molecule has 1 aromatic rings. The minimum Gasteiger partial charge on any atom is -0.140 e. The topological polar surface area (TPSA) is 0 Å². The molecular formula is C11H13ClS. The molecule has 1 aromatic heterocycles. The standard InChI is InChI=1S/C11H13ClS/c1-8(7-12)11-6-9-4-2-3-5-10(9)13-11/h6H,1-5,7H2. The molecule has 1 heterocycles. The van der Waals surface area contributed by atoms with E-state index in [2.05, 4.69) is 12.6 Å². The molecule has 0 amide bonds. The van der Waals surface area contributed by atoms with Gasteiger partial charge in [-0.15, -0.1) is 22.9 Å². The molecule has 0 bridgehead atoms. The summed E-state index contributed by atoms with van der Waals surface area (Å²) in [6.45, 7) is 3.97. The fourth-order valence-electron chi connectivity index (χ4n) is 1.73. The maximum absolute atomic E-state index is 5.76. The van der Waals surface area contributed by atoms with E-state index in [9.17, 15) is 0 Å². The van der Waals surface area contributed by atoms with E-state index in [1.165, 1.54) is 36.1 Å². The van der Waals surface area contributed by atoms with Crippen LogP contribution in [0.4, 0.5) is 0 Å². The van der Waals surface area contributed by atoms with Crippen LogP contribution in [0, 0.1) is 0 Å². The summed E-state index contributed by atoms with van der Waals surface area (Å²) in [5, 5.41) is 0. The highest BCUT2D eigenvalue weighted by Gasteiger charge is 2.13. The molecule has 0 N–H and O–H groups in total. The molecule has 0 radical (unpaired) electrons. The molecule has 2 rings (SSSR count). The fourth-order valence-corrected chi connectivity index (χ4v) is 3.18. The highest BCUT2D eigenvalue weighted by molar-refractivity contribution is 7.13. The van der Waals surface area contributed by atoms with Crippen LogP contribution in [0.2, 0.25) is 0 Å². The third-order valence-corrected chi connectivity index (χ3v) is 4.17. The van der Waals surface area contributed by atoms with Crippen LogP contribution in [0.1, 0.15) is 28.2 Å². The zero-order chi connectivity index (χ0) is 9.26. The van der Waals surface area contributed by atoms with Gasteiger partial charge >= 0.3 is 0 Å². The summed E-state index contributed by atoms with van der Waals surface area (Å²) in [6, 6.07) is 2.28. The third kappa shape index (κ3) is 1.82. The molecule has 0 saturated heterocycles. The van der Waals surface area contributed by atoms with Gasteiger partial charge in [-0.25, -0.2) is 0 Å². The van der Waals surface area contributed by atoms with E-state index in [4.69, 9.17) is 11.6 Å². The Morgan fingerprint density at radius 1 is 1.46 bits per heavy atom. The maximum Gasteiger partial charge on any atom is 0.0482 e. The quantitative estimate of drug-likeness (QED) is 0.653. The number of fused-ring (bicyclic) bond motifs is 1. The third-order valence-electron chi connectivity index (χ3n) is 2.51. The highest BCUT2D eigenvalue weighted by atomic mass is 35.5. The Labute approximate surface area is 88.2 Å². The van der Waals surface area contributed by atoms with E-state index in [-0.39, 0.29) is 0 Å². The molecule has 0 unspecified atom stereocenters. The SMILES string of the molecule is C=C(CCl)c1cc2c(s1)CCCC2. The summed E-state index contributed by atoms with van der Waals surface area (Å²) in [5.41, 5.74) is 2.61. The van der Waals surface area contributed by atoms with E-state index < -0.39 is 0 Å². The van der Waals surface area contributed by atoms with Gasteiger partial charge in [0.25, 0.3) is 0 Å². The second-order valence-electron chi connectivity index (χ2n) is 3.50. The predicted molar refractivity (Wildman–Crippen MR) is 60.7 cm³/mol. The lowest BCUT2D eigenvalue weighted by molar-refractivity contribution is 0.697. The molecule has 0 saturated carbocycles. The van der Waals surface area contributed by atoms with Gasteiger partial charge in [0.1, 0.15) is 0 Å². The summed E-state index contributed by atoms with van der Waals surface area (Å²) in [5.74, 6) is 0.555. The van der Waals surface area contributed by atoms with Gasteiger partial charge in [0.05, 0.1) is 0 Å². The van der Waals surface area contributed by atoms with E-state index in [0.29, 0.717) is 5.88 Å². The van der Waals surface area contributed by atoms with Crippen molar-refractivity contribution in [3.8, 4) is 0 Å². The molecule has 13 heavy (non-hydrogen) atoms. The molecule has 0 spiro atoms. The molecular weight excluding hydrogens is 200 g/mol. The van der Waals surface area contributed by atoms with Crippen LogP contribution < -0.4 is 0 Å². The van der Waals surface area contributed by atoms with Crippen molar-refractivity contribution >= 4 is 28.5 Å².